The number of anilines is 1. The molecule has 0 atom stereocenters. The predicted octanol–water partition coefficient (Wildman–Crippen LogP) is 4.39. The first-order chi connectivity index (χ1) is 15.1. The summed E-state index contributed by atoms with van der Waals surface area (Å²) in [6.07, 6.45) is 5.31. The van der Waals surface area contributed by atoms with Crippen molar-refractivity contribution in [3.63, 3.8) is 0 Å². The first kappa shape index (κ1) is 20.9. The number of amides is 1. The summed E-state index contributed by atoms with van der Waals surface area (Å²) >= 11 is 6.25. The summed E-state index contributed by atoms with van der Waals surface area (Å²) in [6, 6.07) is 11.3. The van der Waals surface area contributed by atoms with Gasteiger partial charge in [0, 0.05) is 17.3 Å². The molecule has 0 spiro atoms. The summed E-state index contributed by atoms with van der Waals surface area (Å²) in [7, 11) is 1.53. The second-order valence-electron chi connectivity index (χ2n) is 7.05. The predicted molar refractivity (Wildman–Crippen MR) is 118 cm³/mol. The van der Waals surface area contributed by atoms with Crippen molar-refractivity contribution in [2.75, 3.05) is 19.0 Å². The Hall–Kier alpha value is -3.39. The molecule has 8 nitrogen and oxygen atoms in total. The van der Waals surface area contributed by atoms with Gasteiger partial charge in [-0.15, -0.1) is 5.10 Å². The summed E-state index contributed by atoms with van der Waals surface area (Å²) in [6.45, 7) is 2.35. The maximum absolute atomic E-state index is 12.3. The molecule has 1 aliphatic carbocycles. The number of benzene rings is 2. The molecule has 4 rings (SSSR count). The zero-order valence-corrected chi connectivity index (χ0v) is 18.0. The van der Waals surface area contributed by atoms with E-state index in [0.717, 1.165) is 29.8 Å². The number of nitrogens with one attached hydrogen (secondary N) is 1. The Morgan fingerprint density at radius 3 is 2.74 bits per heavy atom. The van der Waals surface area contributed by atoms with Gasteiger partial charge in [0.2, 0.25) is 5.91 Å². The van der Waals surface area contributed by atoms with Crippen LogP contribution >= 0.6 is 11.6 Å². The van der Waals surface area contributed by atoms with Crippen molar-refractivity contribution in [3.05, 3.63) is 53.1 Å². The number of nitrogens with zero attached hydrogens (tertiary/aromatic N) is 4. The lowest BCUT2D eigenvalue weighted by molar-refractivity contribution is -0.111. The van der Waals surface area contributed by atoms with E-state index in [0.29, 0.717) is 34.9 Å². The second kappa shape index (κ2) is 9.18. The highest BCUT2D eigenvalue weighted by molar-refractivity contribution is 6.32. The molecule has 0 saturated heterocycles. The number of hydrogen-bond donors (Lipinski definition) is 1. The van der Waals surface area contributed by atoms with E-state index in [1.165, 1.54) is 13.2 Å². The lowest BCUT2D eigenvalue weighted by atomic mass is 10.1. The van der Waals surface area contributed by atoms with E-state index in [-0.39, 0.29) is 5.91 Å². The fourth-order valence-corrected chi connectivity index (χ4v) is 3.45. The number of hydrogen-bond acceptors (Lipinski definition) is 6. The van der Waals surface area contributed by atoms with Gasteiger partial charge >= 0.3 is 0 Å². The van der Waals surface area contributed by atoms with Crippen LogP contribution < -0.4 is 14.8 Å². The molecular weight excluding hydrogens is 418 g/mol. The molecule has 1 aliphatic rings. The van der Waals surface area contributed by atoms with E-state index in [1.807, 2.05) is 35.9 Å². The van der Waals surface area contributed by atoms with Crippen LogP contribution in [-0.2, 0) is 4.79 Å². The van der Waals surface area contributed by atoms with Crippen molar-refractivity contribution in [1.82, 2.24) is 20.2 Å². The molecule has 1 fully saturated rings. The smallest absolute Gasteiger partial charge is 0.248 e. The number of rotatable bonds is 8. The van der Waals surface area contributed by atoms with Gasteiger partial charge in [0.1, 0.15) is 0 Å². The van der Waals surface area contributed by atoms with E-state index >= 15 is 0 Å². The topological polar surface area (TPSA) is 91.2 Å². The fraction of sp³-hybridized carbons (Fsp3) is 0.273. The zero-order chi connectivity index (χ0) is 21.8. The third-order valence-corrected chi connectivity index (χ3v) is 5.04. The Bertz CT molecular complexity index is 1110. The van der Waals surface area contributed by atoms with Crippen LogP contribution in [-0.4, -0.2) is 39.8 Å². The van der Waals surface area contributed by atoms with E-state index in [2.05, 4.69) is 20.8 Å². The Labute approximate surface area is 184 Å². The summed E-state index contributed by atoms with van der Waals surface area (Å²) in [4.78, 5) is 12.3. The maximum Gasteiger partial charge on any atom is 0.248 e. The van der Waals surface area contributed by atoms with Crippen molar-refractivity contribution in [1.29, 1.82) is 0 Å². The maximum atomic E-state index is 12.3. The van der Waals surface area contributed by atoms with Gasteiger partial charge in [-0.3, -0.25) is 4.79 Å². The minimum absolute atomic E-state index is 0.263. The fourth-order valence-electron chi connectivity index (χ4n) is 3.15. The minimum Gasteiger partial charge on any atom is -0.491 e. The molecule has 0 bridgehead atoms. The van der Waals surface area contributed by atoms with Gasteiger partial charge in [0.15, 0.2) is 17.3 Å². The van der Waals surface area contributed by atoms with E-state index in [9.17, 15) is 4.79 Å². The van der Waals surface area contributed by atoms with Crippen LogP contribution in [0.15, 0.2) is 42.5 Å². The summed E-state index contributed by atoms with van der Waals surface area (Å²) in [5.74, 6) is 1.47. The third-order valence-electron chi connectivity index (χ3n) is 4.76. The largest absolute Gasteiger partial charge is 0.491 e. The molecule has 1 aromatic heterocycles. The van der Waals surface area contributed by atoms with Gasteiger partial charge in [-0.1, -0.05) is 11.6 Å². The normalized spacial score (nSPS) is 13.4. The standard InChI is InChI=1S/C22H22ClN5O3/c1-3-31-19-13-14(12-18(23)21(19)30-2)4-11-20(29)24-16-7-5-15(6-8-16)22-25-26-27-28(22)17-9-10-17/h4-8,11-13,17H,3,9-10H2,1-2H3,(H,24,29)/b11-4+. The van der Waals surface area contributed by atoms with Crippen LogP contribution in [0.4, 0.5) is 5.69 Å². The van der Waals surface area contributed by atoms with Crippen LogP contribution in [0.3, 0.4) is 0 Å². The molecular formula is C22H22ClN5O3. The zero-order valence-electron chi connectivity index (χ0n) is 17.2. The molecule has 9 heteroatoms. The molecule has 1 saturated carbocycles. The van der Waals surface area contributed by atoms with E-state index < -0.39 is 0 Å². The first-order valence-corrected chi connectivity index (χ1v) is 10.3. The number of carbonyl (C=O) groups is 1. The molecule has 0 unspecified atom stereocenters. The number of carbonyl (C=O) groups excluding carboxylic acids is 1. The van der Waals surface area contributed by atoms with Crippen LogP contribution in [0.25, 0.3) is 17.5 Å². The summed E-state index contributed by atoms with van der Waals surface area (Å²) in [5.41, 5.74) is 2.31. The third kappa shape index (κ3) is 4.86. The molecule has 160 valence electrons. The number of aromatic nitrogens is 4. The van der Waals surface area contributed by atoms with Crippen LogP contribution in [0, 0.1) is 0 Å². The quantitative estimate of drug-likeness (QED) is 0.523. The molecule has 1 heterocycles. The van der Waals surface area contributed by atoms with E-state index in [4.69, 9.17) is 21.1 Å². The van der Waals surface area contributed by atoms with Gasteiger partial charge in [0.05, 0.1) is 24.8 Å². The lowest BCUT2D eigenvalue weighted by Gasteiger charge is -2.11. The average molecular weight is 440 g/mol. The Balaban J connectivity index is 1.43. The average Bonchev–Trinajstić information content (AvgIpc) is 3.49. The van der Waals surface area contributed by atoms with Crippen molar-refractivity contribution in [2.45, 2.75) is 25.8 Å². The molecule has 0 aliphatic heterocycles. The Kier molecular flexibility index (Phi) is 6.18. The van der Waals surface area contributed by atoms with Gasteiger partial charge in [-0.2, -0.15) is 0 Å². The molecule has 2 aromatic carbocycles. The molecule has 1 N–H and O–H groups in total. The molecule has 1 amide bonds. The van der Waals surface area contributed by atoms with Crippen molar-refractivity contribution < 1.29 is 14.3 Å². The molecule has 0 radical (unpaired) electrons. The number of halogens is 1. The van der Waals surface area contributed by atoms with E-state index in [1.54, 1.807) is 18.2 Å². The highest BCUT2D eigenvalue weighted by atomic mass is 35.5. The lowest BCUT2D eigenvalue weighted by Crippen LogP contribution is -2.07. The van der Waals surface area contributed by atoms with Crippen molar-refractivity contribution in [3.8, 4) is 22.9 Å². The molecule has 31 heavy (non-hydrogen) atoms. The Morgan fingerprint density at radius 1 is 1.29 bits per heavy atom. The number of tetrazole rings is 1. The minimum atomic E-state index is -0.263. The number of methoxy groups -OCH3 is 1. The van der Waals surface area contributed by atoms with Gasteiger partial charge < -0.3 is 14.8 Å². The van der Waals surface area contributed by atoms with Crippen molar-refractivity contribution >= 4 is 29.3 Å². The summed E-state index contributed by atoms with van der Waals surface area (Å²) in [5, 5.41) is 15.2. The highest BCUT2D eigenvalue weighted by Gasteiger charge is 2.28. The van der Waals surface area contributed by atoms with Gasteiger partial charge in [0.25, 0.3) is 0 Å². The van der Waals surface area contributed by atoms with Crippen LogP contribution in [0.5, 0.6) is 11.5 Å². The molecule has 3 aromatic rings. The second-order valence-corrected chi connectivity index (χ2v) is 7.45. The monoisotopic (exact) mass is 439 g/mol. The highest BCUT2D eigenvalue weighted by Crippen LogP contribution is 2.37. The van der Waals surface area contributed by atoms with Crippen LogP contribution in [0.2, 0.25) is 5.02 Å². The van der Waals surface area contributed by atoms with Gasteiger partial charge in [-0.05, 0) is 78.2 Å². The van der Waals surface area contributed by atoms with Crippen LogP contribution in [0.1, 0.15) is 31.4 Å². The SMILES string of the molecule is CCOc1cc(/C=C/C(=O)Nc2ccc(-c3nnnn3C3CC3)cc2)cc(Cl)c1OC. The van der Waals surface area contributed by atoms with Gasteiger partial charge in [-0.25, -0.2) is 4.68 Å². The van der Waals surface area contributed by atoms with Crippen molar-refractivity contribution in [2.24, 2.45) is 0 Å². The number of ether oxygens (including phenoxy) is 2. The Morgan fingerprint density at radius 2 is 2.06 bits per heavy atom. The summed E-state index contributed by atoms with van der Waals surface area (Å²) < 4.78 is 12.7. The first-order valence-electron chi connectivity index (χ1n) is 9.96.